The van der Waals surface area contributed by atoms with Gasteiger partial charge >= 0.3 is 5.97 Å². The molecule has 7 N–H and O–H groups in total. The molecule has 2 amide bonds. The van der Waals surface area contributed by atoms with Crippen LogP contribution in [0.1, 0.15) is 227 Å². The maximum Gasteiger partial charge on any atom is 0.303 e. The Morgan fingerprint density at radius 3 is 1.48 bits per heavy atom. The molecule has 12 heteroatoms. The molecule has 1 fully saturated rings. The molecular weight excluding hydrogens is 763 g/mol. The number of aliphatic carboxylic acids is 1. The summed E-state index contributed by atoms with van der Waals surface area (Å²) in [7, 11) is 0. The predicted molar refractivity (Wildman–Crippen MR) is 240 cm³/mol. The molecule has 0 aromatic heterocycles. The van der Waals surface area contributed by atoms with Crippen LogP contribution in [0.2, 0.25) is 0 Å². The van der Waals surface area contributed by atoms with Crippen molar-refractivity contribution in [2.24, 2.45) is 17.6 Å². The summed E-state index contributed by atoms with van der Waals surface area (Å²) >= 11 is 0. The predicted octanol–water partition coefficient (Wildman–Crippen LogP) is 9.08. The number of nitrogens with two attached hydrogens (primary N) is 1. The fourth-order valence-electron chi connectivity index (χ4n) is 8.59. The molecule has 352 valence electrons. The van der Waals surface area contributed by atoms with Gasteiger partial charge in [-0.1, -0.05) is 175 Å². The van der Waals surface area contributed by atoms with E-state index in [2.05, 4.69) is 19.2 Å². The maximum atomic E-state index is 14.6. The zero-order chi connectivity index (χ0) is 44.6. The summed E-state index contributed by atoms with van der Waals surface area (Å²) in [5.74, 6) is -6.27. The zero-order valence-electron chi connectivity index (χ0n) is 38.7. The Morgan fingerprint density at radius 2 is 1.05 bits per heavy atom. The van der Waals surface area contributed by atoms with Crippen LogP contribution in [0.4, 0.5) is 0 Å². The highest BCUT2D eigenvalue weighted by atomic mass is 16.6. The van der Waals surface area contributed by atoms with E-state index in [1.54, 1.807) is 0 Å². The fourth-order valence-corrected chi connectivity index (χ4v) is 8.59. The van der Waals surface area contributed by atoms with Crippen molar-refractivity contribution in [1.29, 1.82) is 0 Å². The summed E-state index contributed by atoms with van der Waals surface area (Å²) in [6, 6.07) is -1.12. The van der Waals surface area contributed by atoms with Crippen LogP contribution in [0.5, 0.6) is 0 Å². The summed E-state index contributed by atoms with van der Waals surface area (Å²) < 4.78 is 6.19. The van der Waals surface area contributed by atoms with E-state index >= 15 is 0 Å². The molecule has 12 nitrogen and oxygen atoms in total. The lowest BCUT2D eigenvalue weighted by Gasteiger charge is -2.53. The number of nitrogens with zero attached hydrogens (tertiary/aromatic N) is 1. The Kier molecular flexibility index (Phi) is 32.0. The number of ether oxygens (including phenoxy) is 1. The SMILES string of the molecule is CCCCCCCCCCCCCCCCCC(=O)N(CCCCCCCCCCCC)[C@]1(N)O[C@H](CO)[C@@H](O)[C@H](O)[C@H]1C(=O)[C@H](CC(C)C)NC(=O)CCCCC(=O)O. The molecular formula is C48H91N3O9. The van der Waals surface area contributed by atoms with Gasteiger partial charge in [0.1, 0.15) is 18.1 Å². The summed E-state index contributed by atoms with van der Waals surface area (Å²) in [4.78, 5) is 54.3. The second-order valence-corrected chi connectivity index (χ2v) is 18.2. The second-order valence-electron chi connectivity index (χ2n) is 18.2. The van der Waals surface area contributed by atoms with Crippen LogP contribution < -0.4 is 11.1 Å². The van der Waals surface area contributed by atoms with Crippen molar-refractivity contribution in [3.8, 4) is 0 Å². The van der Waals surface area contributed by atoms with Crippen LogP contribution in [0, 0.1) is 11.8 Å². The fraction of sp³-hybridized carbons (Fsp3) is 0.917. The molecule has 0 spiro atoms. The number of aliphatic hydroxyl groups is 3. The van der Waals surface area contributed by atoms with Gasteiger partial charge in [-0.25, -0.2) is 0 Å². The number of carbonyl (C=O) groups excluding carboxylic acids is 3. The van der Waals surface area contributed by atoms with Crippen molar-refractivity contribution in [2.75, 3.05) is 13.2 Å². The van der Waals surface area contributed by atoms with Gasteiger partial charge in [-0.15, -0.1) is 0 Å². The first kappa shape index (κ1) is 55.9. The van der Waals surface area contributed by atoms with Crippen LogP contribution in [0.25, 0.3) is 0 Å². The van der Waals surface area contributed by atoms with Gasteiger partial charge in [0.25, 0.3) is 0 Å². The number of carboxylic acid groups (broad SMARTS) is 1. The number of Topliss-reactive ketones (excluding diaryl/α,β-unsaturated/α-hetero) is 1. The molecule has 1 aliphatic heterocycles. The molecule has 0 aliphatic carbocycles. The van der Waals surface area contributed by atoms with E-state index < -0.39 is 60.4 Å². The molecule has 0 unspecified atom stereocenters. The van der Waals surface area contributed by atoms with Crippen LogP contribution in [0.15, 0.2) is 0 Å². The normalized spacial score (nSPS) is 20.9. The number of carboxylic acids is 1. The highest BCUT2D eigenvalue weighted by molar-refractivity contribution is 5.92. The van der Waals surface area contributed by atoms with E-state index in [1.165, 1.54) is 108 Å². The summed E-state index contributed by atoms with van der Waals surface area (Å²) in [6.07, 6.45) is 24.9. The molecule has 60 heavy (non-hydrogen) atoms. The van der Waals surface area contributed by atoms with Crippen molar-refractivity contribution >= 4 is 23.6 Å². The Bertz CT molecular complexity index is 1140. The highest BCUT2D eigenvalue weighted by Crippen LogP contribution is 2.37. The smallest absolute Gasteiger partial charge is 0.303 e. The first-order valence-corrected chi connectivity index (χ1v) is 24.6. The van der Waals surface area contributed by atoms with Gasteiger partial charge in [-0.2, -0.15) is 0 Å². The third kappa shape index (κ3) is 23.4. The largest absolute Gasteiger partial charge is 0.481 e. The summed E-state index contributed by atoms with van der Waals surface area (Å²) in [5, 5.41) is 44.7. The zero-order valence-corrected chi connectivity index (χ0v) is 38.7. The quantitative estimate of drug-likeness (QED) is 0.0256. The summed E-state index contributed by atoms with van der Waals surface area (Å²) in [5.41, 5.74) is 7.08. The Morgan fingerprint density at radius 1 is 0.633 bits per heavy atom. The average molecular weight is 854 g/mol. The summed E-state index contributed by atoms with van der Waals surface area (Å²) in [6.45, 7) is 7.70. The van der Waals surface area contributed by atoms with Crippen molar-refractivity contribution in [3.05, 3.63) is 0 Å². The lowest BCUT2D eigenvalue weighted by Crippen LogP contribution is -2.76. The maximum absolute atomic E-state index is 14.6. The number of nitrogens with one attached hydrogen (secondary N) is 1. The van der Waals surface area contributed by atoms with Gasteiger partial charge < -0.3 is 35.4 Å². The first-order chi connectivity index (χ1) is 28.8. The van der Waals surface area contributed by atoms with E-state index in [0.29, 0.717) is 25.7 Å². The van der Waals surface area contributed by atoms with Gasteiger partial charge in [-0.3, -0.25) is 24.9 Å². The molecule has 0 bridgehead atoms. The number of unbranched alkanes of at least 4 members (excludes halogenated alkanes) is 24. The van der Waals surface area contributed by atoms with Crippen molar-refractivity contribution in [2.45, 2.75) is 257 Å². The minimum atomic E-state index is -2.20. The molecule has 1 aliphatic rings. The topological polar surface area (TPSA) is 200 Å². The minimum Gasteiger partial charge on any atom is -0.481 e. The van der Waals surface area contributed by atoms with Crippen molar-refractivity contribution < 1.29 is 44.3 Å². The number of ketones is 1. The molecule has 0 aromatic rings. The van der Waals surface area contributed by atoms with Gasteiger partial charge in [0.05, 0.1) is 18.8 Å². The lowest BCUT2D eigenvalue weighted by molar-refractivity contribution is -0.292. The molecule has 1 saturated heterocycles. The van der Waals surface area contributed by atoms with Gasteiger partial charge in [-0.05, 0) is 38.0 Å². The lowest BCUT2D eigenvalue weighted by atomic mass is 9.79. The van der Waals surface area contributed by atoms with Crippen LogP contribution in [-0.4, -0.2) is 92.2 Å². The van der Waals surface area contributed by atoms with E-state index in [9.17, 15) is 34.5 Å². The van der Waals surface area contributed by atoms with Gasteiger partial charge in [0.2, 0.25) is 17.7 Å². The molecule has 0 aromatic carbocycles. The van der Waals surface area contributed by atoms with E-state index in [0.717, 1.165) is 44.9 Å². The number of rotatable bonds is 39. The molecule has 1 heterocycles. The second kappa shape index (κ2) is 34.4. The van der Waals surface area contributed by atoms with Crippen molar-refractivity contribution in [1.82, 2.24) is 10.2 Å². The van der Waals surface area contributed by atoms with Crippen molar-refractivity contribution in [3.63, 3.8) is 0 Å². The molecule has 1 rings (SSSR count). The van der Waals surface area contributed by atoms with E-state index in [-0.39, 0.29) is 44.1 Å². The molecule has 0 saturated carbocycles. The highest BCUT2D eigenvalue weighted by Gasteiger charge is 2.59. The van der Waals surface area contributed by atoms with Crippen LogP contribution in [-0.2, 0) is 23.9 Å². The number of carbonyl (C=O) groups is 4. The van der Waals surface area contributed by atoms with Crippen LogP contribution >= 0.6 is 0 Å². The molecule has 6 atom stereocenters. The number of aliphatic hydroxyl groups excluding tert-OH is 3. The Labute approximate surface area is 364 Å². The standard InChI is InChI=1S/C48H91N3O9/c1-5-7-9-11-13-15-17-18-19-20-21-22-24-26-28-33-42(54)51(35-31-27-25-23-16-14-12-10-8-6-2)48(49)44(47(59)46(58)40(37-52)60-48)45(57)39(36-38(3)4)50-41(53)32-29-30-34-43(55)56/h38-40,44,46-47,52,58-59H,5-37,49H2,1-4H3,(H,50,53)(H,55,56)/t39-,40+,44+,46+,47+,48-/m0/s1. The number of amides is 2. The Balaban J connectivity index is 3.08. The van der Waals surface area contributed by atoms with Gasteiger partial charge in [0.15, 0.2) is 5.78 Å². The number of hydrogen-bond donors (Lipinski definition) is 6. The van der Waals surface area contributed by atoms with E-state index in [4.69, 9.17) is 15.6 Å². The average Bonchev–Trinajstić information content (AvgIpc) is 3.20. The molecule has 0 radical (unpaired) electrons. The van der Waals surface area contributed by atoms with Crippen LogP contribution in [0.3, 0.4) is 0 Å². The van der Waals surface area contributed by atoms with E-state index in [1.807, 2.05) is 13.8 Å². The third-order valence-corrected chi connectivity index (χ3v) is 12.2. The van der Waals surface area contributed by atoms with Gasteiger partial charge in [0, 0.05) is 25.8 Å². The number of hydrogen-bond acceptors (Lipinski definition) is 9. The monoisotopic (exact) mass is 854 g/mol. The minimum absolute atomic E-state index is 0.00442. The Hall–Kier alpha value is -2.12. The first-order valence-electron chi connectivity index (χ1n) is 24.6. The third-order valence-electron chi connectivity index (χ3n) is 12.2.